The molecule has 27 heavy (non-hydrogen) atoms. The number of rotatable bonds is 5. The van der Waals surface area contributed by atoms with Crippen LogP contribution in [0.5, 0.6) is 0 Å². The summed E-state index contributed by atoms with van der Waals surface area (Å²) < 4.78 is 12.4. The normalized spacial score (nSPS) is 10.9. The van der Waals surface area contributed by atoms with Gasteiger partial charge in [0.05, 0.1) is 11.3 Å². The fourth-order valence-corrected chi connectivity index (χ4v) is 2.78. The van der Waals surface area contributed by atoms with E-state index in [1.165, 1.54) is 0 Å². The Hall–Kier alpha value is -3.67. The molecular weight excluding hydrogens is 344 g/mol. The first kappa shape index (κ1) is 16.8. The Morgan fingerprint density at radius 3 is 2.56 bits per heavy atom. The van der Waals surface area contributed by atoms with Gasteiger partial charge < -0.3 is 9.15 Å². The van der Waals surface area contributed by atoms with Gasteiger partial charge in [0.15, 0.2) is 12.4 Å². The second-order valence-electron chi connectivity index (χ2n) is 6.08. The molecule has 0 atom stereocenters. The Kier molecular flexibility index (Phi) is 4.30. The second-order valence-corrected chi connectivity index (χ2v) is 6.08. The van der Waals surface area contributed by atoms with Gasteiger partial charge in [-0.1, -0.05) is 18.2 Å². The van der Waals surface area contributed by atoms with Gasteiger partial charge in [0, 0.05) is 17.3 Å². The van der Waals surface area contributed by atoms with E-state index in [0.717, 1.165) is 16.8 Å². The minimum atomic E-state index is -0.566. The molecule has 6 nitrogen and oxygen atoms in total. The van der Waals surface area contributed by atoms with Gasteiger partial charge in [-0.05, 0) is 49.4 Å². The van der Waals surface area contributed by atoms with Crippen molar-refractivity contribution in [2.75, 3.05) is 6.61 Å². The number of carbonyl (C=O) groups is 2. The molecule has 2 aromatic heterocycles. The lowest BCUT2D eigenvalue weighted by Gasteiger charge is -2.06. The third-order valence-corrected chi connectivity index (χ3v) is 4.21. The van der Waals surface area contributed by atoms with Crippen LogP contribution in [0.4, 0.5) is 0 Å². The van der Waals surface area contributed by atoms with Crippen LogP contribution in [-0.4, -0.2) is 28.1 Å². The topological polar surface area (TPSA) is 74.3 Å². The fraction of sp³-hybridized carbons (Fsp3) is 0.0952. The SMILES string of the molecule is Cc1ccnn1-c1ccc(C(=O)OCC(=O)c2cc3ccccc3o2)cc1. The Morgan fingerprint density at radius 2 is 1.85 bits per heavy atom. The van der Waals surface area contributed by atoms with Crippen molar-refractivity contribution < 1.29 is 18.7 Å². The van der Waals surface area contributed by atoms with E-state index < -0.39 is 5.97 Å². The minimum Gasteiger partial charge on any atom is -0.454 e. The van der Waals surface area contributed by atoms with Gasteiger partial charge >= 0.3 is 5.97 Å². The number of nitrogens with zero attached hydrogens (tertiary/aromatic N) is 2. The number of furan rings is 1. The van der Waals surface area contributed by atoms with Crippen molar-refractivity contribution in [2.24, 2.45) is 0 Å². The number of Topliss-reactive ketones (excluding diaryl/α,β-unsaturated/α-hetero) is 1. The van der Waals surface area contributed by atoms with Gasteiger partial charge in [-0.25, -0.2) is 9.48 Å². The zero-order valence-corrected chi connectivity index (χ0v) is 14.6. The molecule has 0 fully saturated rings. The summed E-state index contributed by atoms with van der Waals surface area (Å²) in [6.45, 7) is 1.57. The number of fused-ring (bicyclic) bond motifs is 1. The quantitative estimate of drug-likeness (QED) is 0.398. The third kappa shape index (κ3) is 3.37. The van der Waals surface area contributed by atoms with Crippen LogP contribution >= 0.6 is 0 Å². The summed E-state index contributed by atoms with van der Waals surface area (Å²) in [7, 11) is 0. The maximum atomic E-state index is 12.2. The van der Waals surface area contributed by atoms with Gasteiger partial charge in [0.1, 0.15) is 5.58 Å². The monoisotopic (exact) mass is 360 g/mol. The van der Waals surface area contributed by atoms with Crippen LogP contribution in [0.1, 0.15) is 26.6 Å². The standard InChI is InChI=1S/C21H16N2O4/c1-14-10-11-22-23(14)17-8-6-15(7-9-17)21(25)26-13-18(24)20-12-16-4-2-3-5-19(16)27-20/h2-12H,13H2,1H3. The first-order chi connectivity index (χ1) is 13.1. The van der Waals surface area contributed by atoms with Crippen LogP contribution in [0.2, 0.25) is 0 Å². The van der Waals surface area contributed by atoms with Crippen molar-refractivity contribution in [3.8, 4) is 5.69 Å². The minimum absolute atomic E-state index is 0.175. The summed E-state index contributed by atoms with van der Waals surface area (Å²) in [6.07, 6.45) is 1.71. The van der Waals surface area contributed by atoms with Crippen molar-refractivity contribution in [3.63, 3.8) is 0 Å². The van der Waals surface area contributed by atoms with Crippen LogP contribution in [0.15, 0.2) is 71.3 Å². The van der Waals surface area contributed by atoms with Gasteiger partial charge in [0.25, 0.3) is 0 Å². The Morgan fingerprint density at radius 1 is 1.07 bits per heavy atom. The van der Waals surface area contributed by atoms with Gasteiger partial charge in [-0.3, -0.25) is 4.79 Å². The number of carbonyl (C=O) groups excluding carboxylic acids is 2. The van der Waals surface area contributed by atoms with Crippen molar-refractivity contribution in [3.05, 3.63) is 83.9 Å². The summed E-state index contributed by atoms with van der Waals surface area (Å²) in [5, 5.41) is 5.05. The molecule has 2 heterocycles. The number of aromatic nitrogens is 2. The lowest BCUT2D eigenvalue weighted by Crippen LogP contribution is -2.14. The molecule has 0 bridgehead atoms. The lowest BCUT2D eigenvalue weighted by molar-refractivity contribution is 0.0468. The van der Waals surface area contributed by atoms with E-state index in [-0.39, 0.29) is 18.2 Å². The highest BCUT2D eigenvalue weighted by Gasteiger charge is 2.16. The predicted molar refractivity (Wildman–Crippen MR) is 99.1 cm³/mol. The smallest absolute Gasteiger partial charge is 0.338 e. The molecule has 0 saturated carbocycles. The van der Waals surface area contributed by atoms with E-state index in [1.54, 1.807) is 47.3 Å². The van der Waals surface area contributed by atoms with Crippen molar-refractivity contribution >= 4 is 22.7 Å². The number of esters is 1. The largest absolute Gasteiger partial charge is 0.454 e. The Bertz CT molecular complexity index is 1090. The molecular formula is C21H16N2O4. The number of hydrogen-bond donors (Lipinski definition) is 0. The molecule has 0 unspecified atom stereocenters. The van der Waals surface area contributed by atoms with Crippen molar-refractivity contribution in [1.82, 2.24) is 9.78 Å². The lowest BCUT2D eigenvalue weighted by atomic mass is 10.2. The number of benzene rings is 2. The molecule has 4 rings (SSSR count). The Labute approximate surface area is 155 Å². The number of ketones is 1. The van der Waals surface area contributed by atoms with Gasteiger partial charge in [-0.15, -0.1) is 0 Å². The molecule has 0 radical (unpaired) electrons. The molecule has 0 aliphatic heterocycles. The highest BCUT2D eigenvalue weighted by Crippen LogP contribution is 2.19. The van der Waals surface area contributed by atoms with E-state index >= 15 is 0 Å². The van der Waals surface area contributed by atoms with Crippen molar-refractivity contribution in [2.45, 2.75) is 6.92 Å². The highest BCUT2D eigenvalue weighted by atomic mass is 16.5. The maximum Gasteiger partial charge on any atom is 0.338 e. The molecule has 0 aliphatic rings. The summed E-state index contributed by atoms with van der Waals surface area (Å²) in [4.78, 5) is 24.4. The molecule has 4 aromatic rings. The maximum absolute atomic E-state index is 12.2. The van der Waals surface area contributed by atoms with Crippen LogP contribution in [0.25, 0.3) is 16.7 Å². The predicted octanol–water partition coefficient (Wildman–Crippen LogP) is 3.97. The average Bonchev–Trinajstić information content (AvgIpc) is 3.32. The molecule has 0 N–H and O–H groups in total. The molecule has 0 saturated heterocycles. The zero-order chi connectivity index (χ0) is 18.8. The van der Waals surface area contributed by atoms with Crippen LogP contribution in [0.3, 0.4) is 0 Å². The molecule has 0 aliphatic carbocycles. The number of hydrogen-bond acceptors (Lipinski definition) is 5. The highest BCUT2D eigenvalue weighted by molar-refractivity contribution is 6.00. The number of ether oxygens (including phenoxy) is 1. The first-order valence-corrected chi connectivity index (χ1v) is 8.42. The third-order valence-electron chi connectivity index (χ3n) is 4.21. The van der Waals surface area contributed by atoms with Crippen LogP contribution in [0, 0.1) is 6.92 Å². The summed E-state index contributed by atoms with van der Waals surface area (Å²) >= 11 is 0. The molecule has 2 aromatic carbocycles. The number of para-hydroxylation sites is 1. The zero-order valence-electron chi connectivity index (χ0n) is 14.6. The first-order valence-electron chi connectivity index (χ1n) is 8.42. The van der Waals surface area contributed by atoms with E-state index in [4.69, 9.17) is 9.15 Å². The van der Waals surface area contributed by atoms with E-state index in [1.807, 2.05) is 31.2 Å². The van der Waals surface area contributed by atoms with Crippen molar-refractivity contribution in [1.29, 1.82) is 0 Å². The van der Waals surface area contributed by atoms with E-state index in [2.05, 4.69) is 5.10 Å². The second kappa shape index (κ2) is 6.92. The summed E-state index contributed by atoms with van der Waals surface area (Å²) in [5.41, 5.74) is 2.81. The molecule has 134 valence electrons. The Balaban J connectivity index is 1.41. The molecule has 6 heteroatoms. The fourth-order valence-electron chi connectivity index (χ4n) is 2.78. The van der Waals surface area contributed by atoms with E-state index in [0.29, 0.717) is 11.1 Å². The van der Waals surface area contributed by atoms with Gasteiger partial charge in [0.2, 0.25) is 5.78 Å². The summed E-state index contributed by atoms with van der Waals surface area (Å²) in [5.74, 6) is -0.778. The number of aryl methyl sites for hydroxylation is 1. The summed E-state index contributed by atoms with van der Waals surface area (Å²) in [6, 6.07) is 17.7. The van der Waals surface area contributed by atoms with Crippen LogP contribution in [-0.2, 0) is 4.74 Å². The average molecular weight is 360 g/mol. The van der Waals surface area contributed by atoms with E-state index in [9.17, 15) is 9.59 Å². The molecule has 0 amide bonds. The van der Waals surface area contributed by atoms with Gasteiger partial charge in [-0.2, -0.15) is 5.10 Å². The molecule has 0 spiro atoms. The van der Waals surface area contributed by atoms with Crippen LogP contribution < -0.4 is 0 Å².